The first-order valence-electron chi connectivity index (χ1n) is 3.94. The topological polar surface area (TPSA) is 76.2 Å². The van der Waals surface area contributed by atoms with Gasteiger partial charge in [0, 0.05) is 6.20 Å². The van der Waals surface area contributed by atoms with Gasteiger partial charge in [-0.2, -0.15) is 0 Å². The van der Waals surface area contributed by atoms with Crippen LogP contribution in [0.1, 0.15) is 19.0 Å². The Labute approximate surface area is 76.4 Å². The fourth-order valence-corrected chi connectivity index (χ4v) is 1.11. The molecule has 13 heavy (non-hydrogen) atoms. The van der Waals surface area contributed by atoms with Crippen molar-refractivity contribution >= 4 is 5.97 Å². The summed E-state index contributed by atoms with van der Waals surface area (Å²) in [6.07, 6.45) is 1.48. The van der Waals surface area contributed by atoms with Crippen molar-refractivity contribution in [2.75, 3.05) is 0 Å². The number of hydrogen-bond acceptors (Lipinski definition) is 3. The summed E-state index contributed by atoms with van der Waals surface area (Å²) in [7, 11) is 0. The third kappa shape index (κ3) is 2.52. The molecule has 1 aromatic heterocycles. The normalized spacial score (nSPS) is 14.9. The Morgan fingerprint density at radius 1 is 1.69 bits per heavy atom. The van der Waals surface area contributed by atoms with Gasteiger partial charge in [-0.3, -0.25) is 9.78 Å². The second-order valence-electron chi connectivity index (χ2n) is 3.20. The van der Waals surface area contributed by atoms with Crippen molar-refractivity contribution < 1.29 is 9.90 Å². The number of hydrogen-bond donors (Lipinski definition) is 2. The monoisotopic (exact) mass is 180 g/mol. The summed E-state index contributed by atoms with van der Waals surface area (Å²) >= 11 is 0. The lowest BCUT2D eigenvalue weighted by Gasteiger charge is -2.21. The molecular formula is C9H12N2O2. The van der Waals surface area contributed by atoms with E-state index in [-0.39, 0.29) is 6.42 Å². The van der Waals surface area contributed by atoms with E-state index in [1.807, 2.05) is 0 Å². The molecule has 0 saturated heterocycles. The van der Waals surface area contributed by atoms with Crippen LogP contribution >= 0.6 is 0 Å². The fraction of sp³-hybridized carbons (Fsp3) is 0.333. The standard InChI is InChI=1S/C9H12N2O2/c1-9(10,6-8(12)13)7-4-2-3-5-11-7/h2-5H,6,10H2,1H3,(H,12,13)/t9-/m1/s1. The first-order chi connectivity index (χ1) is 6.02. The van der Waals surface area contributed by atoms with Gasteiger partial charge in [0.15, 0.2) is 0 Å². The van der Waals surface area contributed by atoms with Gasteiger partial charge in [0.05, 0.1) is 17.7 Å². The van der Waals surface area contributed by atoms with Crippen LogP contribution in [0.3, 0.4) is 0 Å². The Morgan fingerprint density at radius 3 is 2.85 bits per heavy atom. The minimum Gasteiger partial charge on any atom is -0.481 e. The zero-order valence-electron chi connectivity index (χ0n) is 7.40. The van der Waals surface area contributed by atoms with Gasteiger partial charge in [-0.25, -0.2) is 0 Å². The van der Waals surface area contributed by atoms with Gasteiger partial charge in [-0.05, 0) is 19.1 Å². The van der Waals surface area contributed by atoms with Gasteiger partial charge in [-0.1, -0.05) is 6.07 Å². The minimum atomic E-state index is -0.921. The van der Waals surface area contributed by atoms with E-state index in [1.54, 1.807) is 31.3 Å². The number of nitrogens with zero attached hydrogens (tertiary/aromatic N) is 1. The van der Waals surface area contributed by atoms with Gasteiger partial charge in [0.25, 0.3) is 0 Å². The third-order valence-electron chi connectivity index (χ3n) is 1.77. The molecule has 0 bridgehead atoms. The zero-order chi connectivity index (χ0) is 9.90. The maximum absolute atomic E-state index is 10.5. The van der Waals surface area contributed by atoms with Crippen molar-refractivity contribution in [2.24, 2.45) is 5.73 Å². The summed E-state index contributed by atoms with van der Waals surface area (Å²) in [4.78, 5) is 14.5. The summed E-state index contributed by atoms with van der Waals surface area (Å²) in [5.74, 6) is -0.921. The van der Waals surface area contributed by atoms with Crippen LogP contribution in [-0.2, 0) is 10.3 Å². The molecule has 0 amide bonds. The summed E-state index contributed by atoms with van der Waals surface area (Å²) in [5, 5.41) is 8.60. The highest BCUT2D eigenvalue weighted by Crippen LogP contribution is 2.18. The van der Waals surface area contributed by atoms with Crippen LogP contribution in [0.25, 0.3) is 0 Å². The summed E-state index contributed by atoms with van der Waals surface area (Å²) in [5.41, 5.74) is 5.49. The molecule has 0 saturated carbocycles. The van der Waals surface area contributed by atoms with Crippen molar-refractivity contribution in [3.8, 4) is 0 Å². The van der Waals surface area contributed by atoms with E-state index in [0.29, 0.717) is 5.69 Å². The SMILES string of the molecule is C[C@@](N)(CC(=O)O)c1ccccn1. The molecule has 1 atom stereocenters. The van der Waals surface area contributed by atoms with Crippen molar-refractivity contribution in [2.45, 2.75) is 18.9 Å². The number of pyridine rings is 1. The van der Waals surface area contributed by atoms with Crippen LogP contribution in [0, 0.1) is 0 Å². The molecule has 0 radical (unpaired) electrons. The predicted molar refractivity (Wildman–Crippen MR) is 48.0 cm³/mol. The maximum atomic E-state index is 10.5. The van der Waals surface area contributed by atoms with Gasteiger partial charge >= 0.3 is 5.97 Å². The molecule has 4 heteroatoms. The molecule has 1 rings (SSSR count). The lowest BCUT2D eigenvalue weighted by molar-refractivity contribution is -0.138. The molecule has 4 nitrogen and oxygen atoms in total. The molecule has 0 spiro atoms. The number of carbonyl (C=O) groups is 1. The lowest BCUT2D eigenvalue weighted by Crippen LogP contribution is -2.36. The van der Waals surface area contributed by atoms with Gasteiger partial charge in [0.1, 0.15) is 0 Å². The van der Waals surface area contributed by atoms with E-state index < -0.39 is 11.5 Å². The average molecular weight is 180 g/mol. The van der Waals surface area contributed by atoms with Crippen molar-refractivity contribution in [3.63, 3.8) is 0 Å². The number of rotatable bonds is 3. The van der Waals surface area contributed by atoms with Gasteiger partial charge in [-0.15, -0.1) is 0 Å². The van der Waals surface area contributed by atoms with Crippen molar-refractivity contribution in [1.29, 1.82) is 0 Å². The van der Waals surface area contributed by atoms with Crippen LogP contribution in [0.15, 0.2) is 24.4 Å². The van der Waals surface area contributed by atoms with E-state index in [0.717, 1.165) is 0 Å². The Balaban J connectivity index is 2.87. The molecule has 0 fully saturated rings. The Morgan fingerprint density at radius 2 is 2.38 bits per heavy atom. The third-order valence-corrected chi connectivity index (χ3v) is 1.77. The van der Waals surface area contributed by atoms with Crippen molar-refractivity contribution in [3.05, 3.63) is 30.1 Å². The lowest BCUT2D eigenvalue weighted by atomic mass is 9.94. The van der Waals surface area contributed by atoms with E-state index in [4.69, 9.17) is 10.8 Å². The van der Waals surface area contributed by atoms with Crippen LogP contribution in [0.2, 0.25) is 0 Å². The summed E-state index contributed by atoms with van der Waals surface area (Å²) in [6.45, 7) is 1.66. The van der Waals surface area contributed by atoms with E-state index in [2.05, 4.69) is 4.98 Å². The van der Waals surface area contributed by atoms with Crippen LogP contribution in [0.5, 0.6) is 0 Å². The molecule has 0 aliphatic heterocycles. The molecule has 1 heterocycles. The highest BCUT2D eigenvalue weighted by atomic mass is 16.4. The Bertz CT molecular complexity index is 296. The van der Waals surface area contributed by atoms with Crippen LogP contribution in [0.4, 0.5) is 0 Å². The first-order valence-corrected chi connectivity index (χ1v) is 3.94. The molecule has 0 aliphatic rings. The number of carboxylic acid groups (broad SMARTS) is 1. The van der Waals surface area contributed by atoms with E-state index in [1.165, 1.54) is 0 Å². The highest BCUT2D eigenvalue weighted by molar-refractivity contribution is 5.68. The Hall–Kier alpha value is -1.42. The average Bonchev–Trinajstić information content (AvgIpc) is 2.04. The molecule has 70 valence electrons. The van der Waals surface area contributed by atoms with E-state index in [9.17, 15) is 4.79 Å². The molecule has 3 N–H and O–H groups in total. The van der Waals surface area contributed by atoms with Crippen LogP contribution in [-0.4, -0.2) is 16.1 Å². The fourth-order valence-electron chi connectivity index (χ4n) is 1.11. The van der Waals surface area contributed by atoms with Crippen LogP contribution < -0.4 is 5.73 Å². The molecular weight excluding hydrogens is 168 g/mol. The maximum Gasteiger partial charge on any atom is 0.305 e. The number of aromatic nitrogens is 1. The second kappa shape index (κ2) is 3.53. The molecule has 0 aliphatic carbocycles. The van der Waals surface area contributed by atoms with Gasteiger partial charge in [0.2, 0.25) is 0 Å². The second-order valence-corrected chi connectivity index (χ2v) is 3.20. The predicted octanol–water partition coefficient (Wildman–Crippen LogP) is 0.730. The smallest absolute Gasteiger partial charge is 0.305 e. The number of nitrogens with two attached hydrogens (primary N) is 1. The highest BCUT2D eigenvalue weighted by Gasteiger charge is 2.25. The summed E-state index contributed by atoms with van der Waals surface area (Å²) < 4.78 is 0. The summed E-state index contributed by atoms with van der Waals surface area (Å²) in [6, 6.07) is 5.28. The minimum absolute atomic E-state index is 0.121. The molecule has 0 unspecified atom stereocenters. The molecule has 0 aromatic carbocycles. The quantitative estimate of drug-likeness (QED) is 0.719. The first kappa shape index (κ1) is 9.67. The molecule has 1 aromatic rings. The van der Waals surface area contributed by atoms with Crippen molar-refractivity contribution in [1.82, 2.24) is 4.98 Å². The van der Waals surface area contributed by atoms with Gasteiger partial charge < -0.3 is 10.8 Å². The largest absolute Gasteiger partial charge is 0.481 e. The van der Waals surface area contributed by atoms with E-state index >= 15 is 0 Å². The number of aliphatic carboxylic acids is 1. The number of carboxylic acids is 1. The Kier molecular flexibility index (Phi) is 2.63. The zero-order valence-corrected chi connectivity index (χ0v) is 7.40.